The summed E-state index contributed by atoms with van der Waals surface area (Å²) in [6.07, 6.45) is 98.8. The molecule has 524 valence electrons. The number of esters is 1. The molecule has 6 heteroatoms. The second-order valence-electron chi connectivity index (χ2n) is 28.5. The molecule has 0 fully saturated rings. The van der Waals surface area contributed by atoms with E-state index in [0.717, 1.165) is 38.5 Å². The number of ether oxygens (including phenoxy) is 1. The van der Waals surface area contributed by atoms with Crippen LogP contribution in [0.4, 0.5) is 0 Å². The Bertz CT molecular complexity index is 1340. The predicted molar refractivity (Wildman–Crippen MR) is 389 cm³/mol. The Morgan fingerprint density at radius 3 is 0.807 bits per heavy atom. The van der Waals surface area contributed by atoms with Crippen molar-refractivity contribution in [1.29, 1.82) is 0 Å². The van der Waals surface area contributed by atoms with Crippen molar-refractivity contribution >= 4 is 11.9 Å². The van der Waals surface area contributed by atoms with E-state index < -0.39 is 12.1 Å². The first-order valence-electron chi connectivity index (χ1n) is 40.9. The van der Waals surface area contributed by atoms with Gasteiger partial charge in [0.1, 0.15) is 0 Å². The second kappa shape index (κ2) is 78.0. The van der Waals surface area contributed by atoms with Gasteiger partial charge in [0.25, 0.3) is 0 Å². The molecule has 0 radical (unpaired) electrons. The lowest BCUT2D eigenvalue weighted by molar-refractivity contribution is -0.143. The smallest absolute Gasteiger partial charge is 0.305 e. The van der Waals surface area contributed by atoms with E-state index in [1.807, 2.05) is 0 Å². The van der Waals surface area contributed by atoms with E-state index in [-0.39, 0.29) is 18.5 Å². The Morgan fingerprint density at radius 1 is 0.307 bits per heavy atom. The molecular weight excluding hydrogens is 1080 g/mol. The monoisotopic (exact) mass is 1240 g/mol. The molecule has 0 aromatic heterocycles. The third kappa shape index (κ3) is 73.6. The summed E-state index contributed by atoms with van der Waals surface area (Å²) in [5, 5.41) is 23.5. The number of allylic oxidation sites excluding steroid dienone is 2. The number of aliphatic hydroxyl groups is 2. The van der Waals surface area contributed by atoms with Crippen LogP contribution in [0.25, 0.3) is 0 Å². The fourth-order valence-electron chi connectivity index (χ4n) is 13.3. The molecule has 0 saturated carbocycles. The molecule has 0 aromatic carbocycles. The third-order valence-corrected chi connectivity index (χ3v) is 19.6. The third-order valence-electron chi connectivity index (χ3n) is 19.6. The second-order valence-corrected chi connectivity index (χ2v) is 28.5. The molecule has 6 nitrogen and oxygen atoms in total. The van der Waals surface area contributed by atoms with Gasteiger partial charge in [-0.3, -0.25) is 9.59 Å². The first kappa shape index (κ1) is 86.6. The quantitative estimate of drug-likeness (QED) is 0.0320. The Labute approximate surface area is 552 Å². The largest absolute Gasteiger partial charge is 0.466 e. The summed E-state index contributed by atoms with van der Waals surface area (Å²) >= 11 is 0. The fraction of sp³-hybridized carbons (Fsp3) is 0.951. The van der Waals surface area contributed by atoms with E-state index in [2.05, 4.69) is 31.3 Å². The molecule has 0 rings (SSSR count). The number of unbranched alkanes of at least 4 members (excludes halogenated alkanes) is 65. The van der Waals surface area contributed by atoms with Gasteiger partial charge in [0, 0.05) is 12.8 Å². The molecule has 0 bridgehead atoms. The molecular formula is C82H161NO5. The molecule has 0 aliphatic rings. The Hall–Kier alpha value is -1.40. The van der Waals surface area contributed by atoms with E-state index in [1.54, 1.807) is 0 Å². The Kier molecular flexibility index (Phi) is 76.8. The van der Waals surface area contributed by atoms with Gasteiger partial charge in [0.2, 0.25) is 5.91 Å². The fourth-order valence-corrected chi connectivity index (χ4v) is 13.3. The molecule has 88 heavy (non-hydrogen) atoms. The number of rotatable bonds is 78. The number of hydrogen-bond donors (Lipinski definition) is 3. The van der Waals surface area contributed by atoms with E-state index >= 15 is 0 Å². The van der Waals surface area contributed by atoms with Crippen LogP contribution in [0.2, 0.25) is 0 Å². The van der Waals surface area contributed by atoms with Crippen molar-refractivity contribution in [2.75, 3.05) is 13.2 Å². The van der Waals surface area contributed by atoms with Crippen LogP contribution in [0.3, 0.4) is 0 Å². The lowest BCUT2D eigenvalue weighted by Crippen LogP contribution is -2.45. The van der Waals surface area contributed by atoms with Crippen LogP contribution in [0.5, 0.6) is 0 Å². The zero-order valence-corrected chi connectivity index (χ0v) is 60.3. The molecule has 0 aromatic rings. The zero-order valence-electron chi connectivity index (χ0n) is 60.3. The van der Waals surface area contributed by atoms with Crippen LogP contribution in [0.15, 0.2) is 12.2 Å². The van der Waals surface area contributed by atoms with Crippen molar-refractivity contribution < 1.29 is 24.5 Å². The first-order valence-corrected chi connectivity index (χ1v) is 40.9. The van der Waals surface area contributed by atoms with E-state index in [9.17, 15) is 19.8 Å². The van der Waals surface area contributed by atoms with Gasteiger partial charge in [-0.25, -0.2) is 0 Å². The molecule has 2 atom stereocenters. The first-order chi connectivity index (χ1) is 43.5. The van der Waals surface area contributed by atoms with Gasteiger partial charge in [-0.15, -0.1) is 0 Å². The van der Waals surface area contributed by atoms with Gasteiger partial charge < -0.3 is 20.3 Å². The van der Waals surface area contributed by atoms with Crippen molar-refractivity contribution in [1.82, 2.24) is 5.32 Å². The minimum atomic E-state index is -0.664. The standard InChI is InChI=1S/C82H161NO5/c1-3-5-7-9-11-13-15-17-19-21-23-24-25-29-32-35-39-42-46-50-54-58-62-66-70-74-80(85)79(78-84)83-81(86)75-71-67-63-59-55-51-47-43-40-36-33-30-27-26-28-31-34-37-41-45-49-53-57-61-65-69-73-77-88-82(87)76-72-68-64-60-56-52-48-44-38-22-20-18-16-14-12-10-8-6-4-2/h18,20,79-80,84-85H,3-17,19,21-78H2,1-2H3,(H,83,86)/b20-18-. The molecule has 0 saturated heterocycles. The summed E-state index contributed by atoms with van der Waals surface area (Å²) in [5.74, 6) is -0.00644. The molecule has 0 aliphatic heterocycles. The van der Waals surface area contributed by atoms with Gasteiger partial charge in [-0.1, -0.05) is 424 Å². The number of carbonyl (C=O) groups excluding carboxylic acids is 2. The molecule has 0 aliphatic carbocycles. The molecule has 3 N–H and O–H groups in total. The average Bonchev–Trinajstić information content (AvgIpc) is 3.58. The summed E-state index contributed by atoms with van der Waals surface area (Å²) in [6, 6.07) is -0.541. The summed E-state index contributed by atoms with van der Waals surface area (Å²) in [4.78, 5) is 24.7. The van der Waals surface area contributed by atoms with Crippen LogP contribution in [0, 0.1) is 0 Å². The van der Waals surface area contributed by atoms with Crippen LogP contribution < -0.4 is 5.32 Å². The van der Waals surface area contributed by atoms with E-state index in [0.29, 0.717) is 25.9 Å². The summed E-state index contributed by atoms with van der Waals surface area (Å²) in [5.41, 5.74) is 0. The van der Waals surface area contributed by atoms with Crippen LogP contribution in [0.1, 0.15) is 476 Å². The highest BCUT2D eigenvalue weighted by Gasteiger charge is 2.20. The van der Waals surface area contributed by atoms with Crippen LogP contribution in [-0.2, 0) is 14.3 Å². The lowest BCUT2D eigenvalue weighted by atomic mass is 10.0. The predicted octanol–water partition coefficient (Wildman–Crippen LogP) is 27.1. The summed E-state index contributed by atoms with van der Waals surface area (Å²) in [7, 11) is 0. The van der Waals surface area contributed by atoms with Crippen LogP contribution in [-0.4, -0.2) is 47.4 Å². The van der Waals surface area contributed by atoms with Gasteiger partial charge in [-0.05, 0) is 51.4 Å². The minimum Gasteiger partial charge on any atom is -0.466 e. The van der Waals surface area contributed by atoms with E-state index in [4.69, 9.17) is 4.74 Å². The number of hydrogen-bond acceptors (Lipinski definition) is 5. The Balaban J connectivity index is 3.34. The summed E-state index contributed by atoms with van der Waals surface area (Å²) in [6.45, 7) is 5.01. The topological polar surface area (TPSA) is 95.9 Å². The maximum absolute atomic E-state index is 12.6. The highest BCUT2D eigenvalue weighted by atomic mass is 16.5. The minimum absolute atomic E-state index is 0.0193. The van der Waals surface area contributed by atoms with Gasteiger partial charge in [0.05, 0.1) is 25.4 Å². The normalized spacial score (nSPS) is 12.5. The van der Waals surface area contributed by atoms with Crippen LogP contribution >= 0.6 is 0 Å². The molecule has 0 heterocycles. The zero-order chi connectivity index (χ0) is 63.5. The summed E-state index contributed by atoms with van der Waals surface area (Å²) < 4.78 is 5.52. The van der Waals surface area contributed by atoms with Gasteiger partial charge in [0.15, 0.2) is 0 Å². The SMILES string of the molecule is CCCCCCCC/C=C\CCCCCCCCCCCC(=O)OCCCCCCCCCCCCCCCCCCCCCCCCCCCCCC(=O)NC(CO)C(O)CCCCCCCCCCCCCCCCCCCCCCCCCCC. The number of aliphatic hydroxyl groups excluding tert-OH is 2. The van der Waals surface area contributed by atoms with Crippen molar-refractivity contribution in [2.45, 2.75) is 488 Å². The molecule has 1 amide bonds. The van der Waals surface area contributed by atoms with E-state index in [1.165, 1.54) is 405 Å². The van der Waals surface area contributed by atoms with Gasteiger partial charge >= 0.3 is 5.97 Å². The number of nitrogens with one attached hydrogen (secondary N) is 1. The van der Waals surface area contributed by atoms with Crippen molar-refractivity contribution in [2.24, 2.45) is 0 Å². The maximum Gasteiger partial charge on any atom is 0.305 e. The lowest BCUT2D eigenvalue weighted by Gasteiger charge is -2.22. The molecule has 2 unspecified atom stereocenters. The molecule has 0 spiro atoms. The number of carbonyl (C=O) groups is 2. The van der Waals surface area contributed by atoms with Gasteiger partial charge in [-0.2, -0.15) is 0 Å². The maximum atomic E-state index is 12.6. The van der Waals surface area contributed by atoms with Crippen molar-refractivity contribution in [3.8, 4) is 0 Å². The highest BCUT2D eigenvalue weighted by molar-refractivity contribution is 5.76. The van der Waals surface area contributed by atoms with Crippen molar-refractivity contribution in [3.63, 3.8) is 0 Å². The Morgan fingerprint density at radius 2 is 0.534 bits per heavy atom. The number of amides is 1. The average molecular weight is 1240 g/mol. The van der Waals surface area contributed by atoms with Crippen molar-refractivity contribution in [3.05, 3.63) is 12.2 Å². The highest BCUT2D eigenvalue weighted by Crippen LogP contribution is 2.21.